The molecule has 150 heavy (non-hydrogen) atoms. The van der Waals surface area contributed by atoms with Crippen molar-refractivity contribution in [3.63, 3.8) is 0 Å². The molecule has 29 aromatic rings. The second kappa shape index (κ2) is 29.9. The van der Waals surface area contributed by atoms with Crippen LogP contribution in [0.3, 0.4) is 0 Å². The van der Waals surface area contributed by atoms with Gasteiger partial charge in [0.1, 0.15) is 57.8 Å². The molecule has 15 nitrogen and oxygen atoms in total. The van der Waals surface area contributed by atoms with Crippen LogP contribution in [0.15, 0.2) is 377 Å². The molecule has 9 aromatic heterocycles. The topological polar surface area (TPSA) is 173 Å². The predicted molar refractivity (Wildman–Crippen MR) is 605 cm³/mol. The van der Waals surface area contributed by atoms with Gasteiger partial charge in [-0.3, -0.25) is 0 Å². The average Bonchev–Trinajstić information content (AvgIpc) is 1.53. The van der Waals surface area contributed by atoms with Crippen molar-refractivity contribution in [2.45, 2.75) is 57.8 Å². The van der Waals surface area contributed by atoms with Gasteiger partial charge in [0.05, 0.1) is 152 Å². The van der Waals surface area contributed by atoms with Crippen LogP contribution in [0.2, 0.25) is 0 Å². The minimum atomic E-state index is -0.338. The Balaban J connectivity index is 0.000000135. The highest BCUT2D eigenvalue weighted by atomic mass is 16.3. The van der Waals surface area contributed by atoms with Crippen molar-refractivity contribution >= 4 is 208 Å². The van der Waals surface area contributed by atoms with Crippen LogP contribution in [0, 0.1) is 58.5 Å². The van der Waals surface area contributed by atoms with Crippen LogP contribution < -0.4 is 0 Å². The molecular formula is C135H78N12O3. The maximum Gasteiger partial charge on any atom is 0.236 e. The highest BCUT2D eigenvalue weighted by molar-refractivity contribution is 6.29. The third-order valence-corrected chi connectivity index (χ3v) is 33.5. The molecule has 32 rings (SSSR count). The summed E-state index contributed by atoms with van der Waals surface area (Å²) in [6.45, 7) is 32.7. The van der Waals surface area contributed by atoms with Gasteiger partial charge in [-0.05, 0) is 194 Å². The van der Waals surface area contributed by atoms with Gasteiger partial charge in [0.15, 0.2) is 0 Å². The fourth-order valence-corrected chi connectivity index (χ4v) is 27.0. The van der Waals surface area contributed by atoms with E-state index in [-0.39, 0.29) is 49.9 Å². The standard InChI is InChI=1S/C72H48N6.C63H30N6O3/c1-70(2)54-26-14-8-20-40(54)46-32-49-43-23-11-17-29-60(43)76(63(49)35-57(46)70)67-52(38-73)68(77-61-30-18-12-24-44(61)50-33-47-41-21-9-15-27-55(41)71(3,4)58(47)36-64(50)77)66(75-7)69(53(67)39-74)78-62-31-19-13-25-45(62)51-34-48-42-22-10-16-28-56(42)72(5,6)59(48)37-65(51)78;1-66-57-59(68-46-21-9-3-18-41(46)55-49(68)30-27-38-35-15-6-12-24-52(35)71-62(38)55)43(32-64)58(67-45-20-8-2-17-40(45)54-48(67)29-26-37-34-14-5-11-23-51(34)70-61(37)54)44(33-65)60(57)69-47-22-10-4-19-42(47)56-50(69)31-28-39-36-16-7-13-25-53(36)72-63(39)56/h8-37H,1-6H3;2-31H. The first-order valence-corrected chi connectivity index (χ1v) is 50.4. The largest absolute Gasteiger partial charge is 0.455 e. The first-order valence-electron chi connectivity index (χ1n) is 50.4. The number of para-hydroxylation sites is 9. The van der Waals surface area contributed by atoms with Crippen LogP contribution in [0.1, 0.15) is 97.2 Å². The molecule has 0 spiro atoms. The van der Waals surface area contributed by atoms with Gasteiger partial charge in [-0.25, -0.2) is 9.69 Å². The van der Waals surface area contributed by atoms with Crippen molar-refractivity contribution in [1.82, 2.24) is 27.4 Å². The fraction of sp³-hybridized carbons (Fsp3) is 0.0667. The molecule has 15 heteroatoms. The number of nitriles is 4. The Bertz CT molecular complexity index is 10600. The number of hydrogen-bond acceptors (Lipinski definition) is 7. The molecule has 9 heterocycles. The number of benzene rings is 20. The molecule has 0 unspecified atom stereocenters. The normalized spacial score (nSPS) is 13.5. The average molecular weight is 1920 g/mol. The molecule has 0 aliphatic heterocycles. The third kappa shape index (κ3) is 10.6. The first-order chi connectivity index (χ1) is 73.5. The Labute approximate surface area is 855 Å². The highest BCUT2D eigenvalue weighted by Crippen LogP contribution is 2.60. The van der Waals surface area contributed by atoms with Gasteiger partial charge in [-0.1, -0.05) is 278 Å². The lowest BCUT2D eigenvalue weighted by Crippen LogP contribution is -2.16. The van der Waals surface area contributed by atoms with Gasteiger partial charge in [0.25, 0.3) is 0 Å². The van der Waals surface area contributed by atoms with Gasteiger partial charge < -0.3 is 40.7 Å². The summed E-state index contributed by atoms with van der Waals surface area (Å²) >= 11 is 0. The molecule has 0 atom stereocenters. The summed E-state index contributed by atoms with van der Waals surface area (Å²) < 4.78 is 32.9. The molecule has 0 saturated carbocycles. The summed E-state index contributed by atoms with van der Waals surface area (Å²) in [5.41, 5.74) is 31.1. The molecule has 0 saturated heterocycles. The Hall–Kier alpha value is -20.5. The smallest absolute Gasteiger partial charge is 0.236 e. The van der Waals surface area contributed by atoms with E-state index in [1.54, 1.807) is 0 Å². The zero-order valence-electron chi connectivity index (χ0n) is 81.7. The van der Waals surface area contributed by atoms with Crippen LogP contribution in [0.4, 0.5) is 11.4 Å². The van der Waals surface area contributed by atoms with Crippen LogP contribution in [-0.2, 0) is 16.2 Å². The molecule has 0 radical (unpaired) electrons. The van der Waals surface area contributed by atoms with E-state index >= 15 is 0 Å². The maximum atomic E-state index is 12.4. The number of hydrogen-bond donors (Lipinski definition) is 0. The van der Waals surface area contributed by atoms with Gasteiger partial charge in [-0.2, -0.15) is 21.0 Å². The maximum absolute atomic E-state index is 12.4. The van der Waals surface area contributed by atoms with E-state index in [9.17, 15) is 34.2 Å². The third-order valence-electron chi connectivity index (χ3n) is 33.5. The van der Waals surface area contributed by atoms with Gasteiger partial charge in [0, 0.05) is 97.0 Å². The van der Waals surface area contributed by atoms with Gasteiger partial charge >= 0.3 is 0 Å². The van der Waals surface area contributed by atoms with Crippen molar-refractivity contribution in [1.29, 1.82) is 21.0 Å². The van der Waals surface area contributed by atoms with E-state index in [4.69, 9.17) is 13.3 Å². The SMILES string of the molecule is [C-]#[N+]c1c(-n2c3ccccc3c3c4oc5ccccc5c4ccc32)c(C#N)c(-n2c3ccccc3c3c4oc5ccccc5c4ccc32)c(C#N)c1-n1c2ccccc2c2c3oc4ccccc4c3ccc21.[C-]#[N+]c1c(-n2c3ccccc3c3cc4c(cc32)C(C)(C)c2ccccc2-4)c(C#N)c(-n2c3ccccc3c3cc4c(cc32)C(C)(C)c2ccccc2-4)c(C#N)c1-n1c2ccccc2c2cc3c(cc21)C(C)(C)c1ccccc1-3. The van der Waals surface area contributed by atoms with E-state index in [0.717, 1.165) is 180 Å². The molecule has 0 bridgehead atoms. The first kappa shape index (κ1) is 84.1. The molecule has 3 aliphatic carbocycles. The van der Waals surface area contributed by atoms with Crippen molar-refractivity contribution in [2.24, 2.45) is 0 Å². The summed E-state index contributed by atoms with van der Waals surface area (Å²) in [4.78, 5) is 9.10. The van der Waals surface area contributed by atoms with E-state index in [1.807, 2.05) is 141 Å². The summed E-state index contributed by atoms with van der Waals surface area (Å²) in [5, 5.41) is 66.0. The Kier molecular flexibility index (Phi) is 16.7. The molecule has 0 amide bonds. The van der Waals surface area contributed by atoms with E-state index in [0.29, 0.717) is 50.9 Å². The van der Waals surface area contributed by atoms with Crippen LogP contribution in [0.25, 0.3) is 274 Å². The number of fused-ring (bicyclic) bond motifs is 39. The number of aromatic nitrogens is 6. The molecular weight excluding hydrogens is 1840 g/mol. The summed E-state index contributed by atoms with van der Waals surface area (Å²) in [6, 6.07) is 136. The molecule has 0 N–H and O–H groups in total. The number of nitrogens with zero attached hydrogens (tertiary/aromatic N) is 12. The molecule has 3 aliphatic rings. The zero-order valence-corrected chi connectivity index (χ0v) is 81.7. The fourth-order valence-electron chi connectivity index (χ4n) is 27.0. The zero-order chi connectivity index (χ0) is 100. The monoisotopic (exact) mass is 1910 g/mol. The second-order valence-corrected chi connectivity index (χ2v) is 41.6. The summed E-state index contributed by atoms with van der Waals surface area (Å²) in [7, 11) is 0. The Morgan fingerprint density at radius 1 is 0.207 bits per heavy atom. The highest BCUT2D eigenvalue weighted by Gasteiger charge is 2.44. The molecule has 20 aromatic carbocycles. The van der Waals surface area contributed by atoms with Crippen molar-refractivity contribution < 1.29 is 13.3 Å². The lowest BCUT2D eigenvalue weighted by atomic mass is 9.82. The minimum absolute atomic E-state index is 0.131. The van der Waals surface area contributed by atoms with E-state index < -0.39 is 0 Å². The van der Waals surface area contributed by atoms with Gasteiger partial charge in [-0.15, -0.1) is 0 Å². The van der Waals surface area contributed by atoms with E-state index in [1.165, 1.54) is 66.8 Å². The van der Waals surface area contributed by atoms with Crippen LogP contribution in [-0.4, -0.2) is 27.4 Å². The van der Waals surface area contributed by atoms with Crippen molar-refractivity contribution in [3.05, 3.63) is 442 Å². The minimum Gasteiger partial charge on any atom is -0.455 e. The molecule has 696 valence electrons. The van der Waals surface area contributed by atoms with Crippen molar-refractivity contribution in [2.75, 3.05) is 0 Å². The predicted octanol–water partition coefficient (Wildman–Crippen LogP) is 35.2. The molecule has 0 fully saturated rings. The van der Waals surface area contributed by atoms with Gasteiger partial charge in [0.2, 0.25) is 11.4 Å². The number of rotatable bonds is 6. The second-order valence-electron chi connectivity index (χ2n) is 41.6. The van der Waals surface area contributed by atoms with Crippen molar-refractivity contribution in [3.8, 4) is 91.8 Å². The number of furan rings is 3. The van der Waals surface area contributed by atoms with Crippen LogP contribution >= 0.6 is 0 Å². The summed E-state index contributed by atoms with van der Waals surface area (Å²) in [5.74, 6) is 0. The summed E-state index contributed by atoms with van der Waals surface area (Å²) in [6.07, 6.45) is 0. The van der Waals surface area contributed by atoms with E-state index in [2.05, 4.69) is 326 Å². The van der Waals surface area contributed by atoms with Crippen LogP contribution in [0.5, 0.6) is 0 Å². The quantitative estimate of drug-likeness (QED) is 0.149. The Morgan fingerprint density at radius 2 is 0.433 bits per heavy atom. The lowest BCUT2D eigenvalue weighted by molar-refractivity contribution is 0.661. The lowest BCUT2D eigenvalue weighted by Gasteiger charge is -2.25. The Morgan fingerprint density at radius 3 is 0.713 bits per heavy atom.